The summed E-state index contributed by atoms with van der Waals surface area (Å²) in [4.78, 5) is 12.2. The fraction of sp³-hybridized carbons (Fsp3) is 0.615. The first kappa shape index (κ1) is 19.2. The number of nitrogens with zero attached hydrogens (tertiary/aromatic N) is 4. The van der Waals surface area contributed by atoms with Crippen LogP contribution in [0, 0.1) is 12.8 Å². The molecular weight excluding hydrogens is 358 g/mol. The lowest BCUT2D eigenvalue weighted by Gasteiger charge is -2.33. The van der Waals surface area contributed by atoms with Gasteiger partial charge in [0, 0.05) is 18.3 Å². The highest BCUT2D eigenvalue weighted by molar-refractivity contribution is 5.82. The molecule has 1 amide bonds. The molecule has 0 aromatic carbocycles. The predicted molar refractivity (Wildman–Crippen MR) is 72.1 cm³/mol. The fourth-order valence-electron chi connectivity index (χ4n) is 2.29. The zero-order valence-corrected chi connectivity index (χ0v) is 13.1. The van der Waals surface area contributed by atoms with Gasteiger partial charge in [-0.3, -0.25) is 9.48 Å². The smallest absolute Gasteiger partial charge is 0.362 e. The normalized spacial score (nSPS) is 22.5. The van der Waals surface area contributed by atoms with E-state index in [0.717, 1.165) is 17.0 Å². The zero-order valence-electron chi connectivity index (χ0n) is 13.1. The predicted octanol–water partition coefficient (Wildman–Crippen LogP) is 2.32. The van der Waals surface area contributed by atoms with Gasteiger partial charge in [-0.25, -0.2) is 0 Å². The molecule has 1 N–H and O–H groups in total. The highest BCUT2D eigenvalue weighted by Gasteiger charge is 2.61. The lowest BCUT2D eigenvalue weighted by Crippen LogP contribution is -2.57. The van der Waals surface area contributed by atoms with E-state index in [1.807, 2.05) is 0 Å². The Morgan fingerprint density at radius 1 is 1.36 bits per heavy atom. The third kappa shape index (κ3) is 3.48. The van der Waals surface area contributed by atoms with Gasteiger partial charge in [0.15, 0.2) is 5.69 Å². The summed E-state index contributed by atoms with van der Waals surface area (Å²) in [5, 5.41) is 16.2. The molecule has 0 bridgehead atoms. The maximum absolute atomic E-state index is 13.0. The van der Waals surface area contributed by atoms with Crippen molar-refractivity contribution in [3.63, 3.8) is 0 Å². The van der Waals surface area contributed by atoms with Gasteiger partial charge >= 0.3 is 12.4 Å². The first-order valence-electron chi connectivity index (χ1n) is 7.04. The fourth-order valence-corrected chi connectivity index (χ4v) is 2.29. The van der Waals surface area contributed by atoms with Gasteiger partial charge in [-0.05, 0) is 13.0 Å². The van der Waals surface area contributed by atoms with Gasteiger partial charge in [0.25, 0.3) is 5.72 Å². The van der Waals surface area contributed by atoms with E-state index in [-0.39, 0.29) is 10.7 Å². The summed E-state index contributed by atoms with van der Waals surface area (Å²) in [6.45, 7) is 2.13. The number of aryl methyl sites for hydroxylation is 1. The van der Waals surface area contributed by atoms with Crippen LogP contribution in [0.25, 0.3) is 0 Å². The summed E-state index contributed by atoms with van der Waals surface area (Å²) < 4.78 is 77.7. The highest BCUT2D eigenvalue weighted by Crippen LogP contribution is 2.39. The molecule has 2 rings (SSSR count). The van der Waals surface area contributed by atoms with Crippen LogP contribution in [0.5, 0.6) is 0 Å². The summed E-state index contributed by atoms with van der Waals surface area (Å²) in [5.41, 5.74) is -4.55. The molecule has 0 spiro atoms. The van der Waals surface area contributed by atoms with Crippen molar-refractivity contribution in [2.75, 3.05) is 0 Å². The molecule has 0 unspecified atom stereocenters. The minimum atomic E-state index is -5.13. The Labute approximate surface area is 137 Å². The average molecular weight is 372 g/mol. The second-order valence-electron chi connectivity index (χ2n) is 5.72. The van der Waals surface area contributed by atoms with E-state index in [0.29, 0.717) is 0 Å². The third-order valence-corrected chi connectivity index (χ3v) is 3.73. The summed E-state index contributed by atoms with van der Waals surface area (Å²) in [6.07, 6.45) is -9.99. The topological polar surface area (TPSA) is 70.7 Å². The van der Waals surface area contributed by atoms with Crippen molar-refractivity contribution < 1.29 is 36.2 Å². The van der Waals surface area contributed by atoms with Crippen molar-refractivity contribution in [3.05, 3.63) is 17.5 Å². The molecule has 0 fully saturated rings. The molecule has 1 aromatic rings. The average Bonchev–Trinajstić information content (AvgIpc) is 3.02. The molecule has 25 heavy (non-hydrogen) atoms. The molecule has 1 aromatic heterocycles. The van der Waals surface area contributed by atoms with Crippen molar-refractivity contribution in [1.29, 1.82) is 0 Å². The van der Waals surface area contributed by atoms with Crippen LogP contribution in [0.1, 0.15) is 24.7 Å². The van der Waals surface area contributed by atoms with Gasteiger partial charge in [0.1, 0.15) is 0 Å². The molecule has 6 nitrogen and oxygen atoms in total. The molecule has 0 saturated heterocycles. The lowest BCUT2D eigenvalue weighted by atomic mass is 10.1. The molecule has 2 heterocycles. The van der Waals surface area contributed by atoms with Crippen LogP contribution < -0.4 is 0 Å². The number of carbonyl (C=O) groups is 1. The van der Waals surface area contributed by atoms with Crippen molar-refractivity contribution in [2.24, 2.45) is 11.0 Å². The lowest BCUT2D eigenvalue weighted by molar-refractivity contribution is -0.303. The van der Waals surface area contributed by atoms with Crippen LogP contribution in [-0.4, -0.2) is 43.9 Å². The van der Waals surface area contributed by atoms with E-state index in [2.05, 4.69) is 10.2 Å². The van der Waals surface area contributed by atoms with E-state index in [1.54, 1.807) is 0 Å². The van der Waals surface area contributed by atoms with Gasteiger partial charge in [-0.15, -0.1) is 0 Å². The highest BCUT2D eigenvalue weighted by atomic mass is 19.4. The van der Waals surface area contributed by atoms with Crippen molar-refractivity contribution >= 4 is 12.1 Å². The minimum Gasteiger partial charge on any atom is -0.362 e. The van der Waals surface area contributed by atoms with Crippen molar-refractivity contribution in [2.45, 2.75) is 44.9 Å². The van der Waals surface area contributed by atoms with Crippen LogP contribution in [0.4, 0.5) is 26.3 Å². The molecule has 0 saturated carbocycles. The Morgan fingerprint density at radius 3 is 2.44 bits per heavy atom. The van der Waals surface area contributed by atoms with Crippen molar-refractivity contribution in [3.8, 4) is 0 Å². The standard InChI is InChI=1S/C13H14F6N4O2/c1-7(6-22-8(2)5-9(21-22)12(14,15)16)10(24)23-11(25,3-4-20-23)13(17,18)19/h4-5,7,25H,3,6H2,1-2H3/t7-,11+/m0/s1. The van der Waals surface area contributed by atoms with E-state index < -0.39 is 48.6 Å². The van der Waals surface area contributed by atoms with Crippen LogP contribution >= 0.6 is 0 Å². The van der Waals surface area contributed by atoms with Crippen LogP contribution in [0.3, 0.4) is 0 Å². The number of amides is 1. The number of hydrazone groups is 1. The number of carbonyl (C=O) groups excluding carboxylic acids is 1. The first-order valence-corrected chi connectivity index (χ1v) is 7.04. The Kier molecular flexibility index (Phi) is 4.61. The van der Waals surface area contributed by atoms with E-state index >= 15 is 0 Å². The van der Waals surface area contributed by atoms with Crippen LogP contribution in [0.2, 0.25) is 0 Å². The number of aliphatic hydroxyl groups is 1. The first-order chi connectivity index (χ1) is 11.3. The Morgan fingerprint density at radius 2 is 1.96 bits per heavy atom. The number of alkyl halides is 6. The van der Waals surface area contributed by atoms with Gasteiger partial charge in [-0.2, -0.15) is 41.6 Å². The van der Waals surface area contributed by atoms with Crippen molar-refractivity contribution in [1.82, 2.24) is 14.8 Å². The SMILES string of the molecule is Cc1cc(C(F)(F)F)nn1C[C@H](C)C(=O)N1N=CC[C@@]1(O)C(F)(F)F. The number of halogens is 6. The van der Waals surface area contributed by atoms with E-state index in [1.165, 1.54) is 13.8 Å². The quantitative estimate of drug-likeness (QED) is 0.828. The Balaban J connectivity index is 2.19. The van der Waals surface area contributed by atoms with Crippen LogP contribution in [-0.2, 0) is 17.5 Å². The summed E-state index contributed by atoms with van der Waals surface area (Å²) in [7, 11) is 0. The van der Waals surface area contributed by atoms with Gasteiger partial charge in [0.2, 0.25) is 5.91 Å². The second-order valence-corrected chi connectivity index (χ2v) is 5.72. The molecule has 0 radical (unpaired) electrons. The summed E-state index contributed by atoms with van der Waals surface area (Å²) in [5.74, 6) is -2.39. The number of hydrogen-bond donors (Lipinski definition) is 1. The third-order valence-electron chi connectivity index (χ3n) is 3.73. The Hall–Kier alpha value is -2.11. The monoisotopic (exact) mass is 372 g/mol. The molecule has 1 aliphatic rings. The summed E-state index contributed by atoms with van der Waals surface area (Å²) in [6, 6.07) is 0.761. The Bertz CT molecular complexity index is 696. The van der Waals surface area contributed by atoms with Gasteiger partial charge in [0.05, 0.1) is 12.5 Å². The minimum absolute atomic E-state index is 0.0822. The molecule has 12 heteroatoms. The van der Waals surface area contributed by atoms with Gasteiger partial charge in [-0.1, -0.05) is 6.92 Å². The number of rotatable bonds is 3. The maximum atomic E-state index is 13.0. The second kappa shape index (κ2) is 6.00. The van der Waals surface area contributed by atoms with Gasteiger partial charge < -0.3 is 5.11 Å². The largest absolute Gasteiger partial charge is 0.438 e. The molecule has 2 atom stereocenters. The molecular formula is C13H14F6N4O2. The van der Waals surface area contributed by atoms with Crippen LogP contribution in [0.15, 0.2) is 11.2 Å². The van der Waals surface area contributed by atoms with E-state index in [4.69, 9.17) is 0 Å². The maximum Gasteiger partial charge on any atom is 0.438 e. The molecule has 1 aliphatic heterocycles. The summed E-state index contributed by atoms with van der Waals surface area (Å²) >= 11 is 0. The van der Waals surface area contributed by atoms with E-state index in [9.17, 15) is 36.2 Å². The number of aromatic nitrogens is 2. The molecule has 0 aliphatic carbocycles. The number of hydrogen-bond acceptors (Lipinski definition) is 4. The zero-order chi connectivity index (χ0) is 19.2. The molecule has 140 valence electrons.